The van der Waals surface area contributed by atoms with E-state index in [9.17, 15) is 14.4 Å². The maximum absolute atomic E-state index is 11.4. The van der Waals surface area contributed by atoms with E-state index in [2.05, 4.69) is 12.6 Å². The molecule has 1 saturated heterocycles. The molecule has 16 heavy (non-hydrogen) atoms. The van der Waals surface area contributed by atoms with Crippen molar-refractivity contribution in [3.63, 3.8) is 0 Å². The molecule has 90 valence electrons. The highest BCUT2D eigenvalue weighted by Gasteiger charge is 2.35. The molecule has 5 nitrogen and oxygen atoms in total. The van der Waals surface area contributed by atoms with E-state index in [0.29, 0.717) is 25.8 Å². The van der Waals surface area contributed by atoms with E-state index < -0.39 is 5.25 Å². The van der Waals surface area contributed by atoms with Gasteiger partial charge < -0.3 is 5.73 Å². The molecule has 1 aliphatic rings. The summed E-state index contributed by atoms with van der Waals surface area (Å²) in [7, 11) is 0. The fourth-order valence-electron chi connectivity index (χ4n) is 1.65. The summed E-state index contributed by atoms with van der Waals surface area (Å²) in [5, 5.41) is -0.474. The third kappa shape index (κ3) is 3.52. The van der Waals surface area contributed by atoms with E-state index in [0.717, 1.165) is 6.42 Å². The van der Waals surface area contributed by atoms with E-state index in [-0.39, 0.29) is 24.1 Å². The molecule has 1 atom stereocenters. The van der Waals surface area contributed by atoms with Crippen LogP contribution in [0.4, 0.5) is 0 Å². The first-order valence-electron chi connectivity index (χ1n) is 5.33. The average Bonchev–Trinajstić information content (AvgIpc) is 2.43. The Kier molecular flexibility index (Phi) is 4.79. The Morgan fingerprint density at radius 1 is 1.38 bits per heavy atom. The predicted molar refractivity (Wildman–Crippen MR) is 61.8 cm³/mol. The molecule has 0 bridgehead atoms. The van der Waals surface area contributed by atoms with Gasteiger partial charge in [-0.15, -0.1) is 0 Å². The van der Waals surface area contributed by atoms with Gasteiger partial charge in [0.1, 0.15) is 0 Å². The van der Waals surface area contributed by atoms with Gasteiger partial charge in [0.2, 0.25) is 17.7 Å². The maximum atomic E-state index is 11.4. The van der Waals surface area contributed by atoms with Crippen LogP contribution in [-0.4, -0.2) is 34.4 Å². The van der Waals surface area contributed by atoms with Crippen LogP contribution >= 0.6 is 12.6 Å². The van der Waals surface area contributed by atoms with Gasteiger partial charge in [-0.3, -0.25) is 19.3 Å². The number of carbonyl (C=O) groups excluding carboxylic acids is 3. The minimum Gasteiger partial charge on any atom is -0.370 e. The molecule has 2 N–H and O–H groups in total. The predicted octanol–water partition coefficient (Wildman–Crippen LogP) is 0.0894. The molecule has 3 amide bonds. The lowest BCUT2D eigenvalue weighted by atomic mass is 10.2. The van der Waals surface area contributed by atoms with Gasteiger partial charge in [-0.05, 0) is 12.8 Å². The minimum atomic E-state index is -0.474. The topological polar surface area (TPSA) is 80.5 Å². The standard InChI is InChI=1S/C10H16N2O3S/c11-8(13)4-2-1-3-5-12-9(14)6-7(16)10(12)15/h7,16H,1-6H2,(H2,11,13)/t7-/m1/s1. The van der Waals surface area contributed by atoms with E-state index >= 15 is 0 Å². The van der Waals surface area contributed by atoms with Crippen molar-refractivity contribution in [3.05, 3.63) is 0 Å². The Morgan fingerprint density at radius 3 is 2.56 bits per heavy atom. The van der Waals surface area contributed by atoms with Crippen molar-refractivity contribution in [3.8, 4) is 0 Å². The number of nitrogens with two attached hydrogens (primary N) is 1. The Hall–Kier alpha value is -1.04. The van der Waals surface area contributed by atoms with E-state index in [1.807, 2.05) is 0 Å². The third-order valence-electron chi connectivity index (χ3n) is 2.53. The van der Waals surface area contributed by atoms with E-state index in [4.69, 9.17) is 5.73 Å². The van der Waals surface area contributed by atoms with Gasteiger partial charge in [0.25, 0.3) is 0 Å². The van der Waals surface area contributed by atoms with Crippen LogP contribution in [0.25, 0.3) is 0 Å². The molecule has 0 aliphatic carbocycles. The monoisotopic (exact) mass is 244 g/mol. The van der Waals surface area contributed by atoms with Crippen LogP contribution in [0.5, 0.6) is 0 Å². The SMILES string of the molecule is NC(=O)CCCCCN1C(=O)C[C@@H](S)C1=O. The van der Waals surface area contributed by atoms with Gasteiger partial charge in [0.05, 0.1) is 5.25 Å². The van der Waals surface area contributed by atoms with Gasteiger partial charge in [-0.1, -0.05) is 6.42 Å². The van der Waals surface area contributed by atoms with E-state index in [1.54, 1.807) is 0 Å². The summed E-state index contributed by atoms with van der Waals surface area (Å²) in [6.07, 6.45) is 2.76. The number of carbonyl (C=O) groups is 3. The molecule has 1 heterocycles. The fourth-order valence-corrected chi connectivity index (χ4v) is 1.94. The summed E-state index contributed by atoms with van der Waals surface area (Å²) in [4.78, 5) is 34.5. The summed E-state index contributed by atoms with van der Waals surface area (Å²) < 4.78 is 0. The fraction of sp³-hybridized carbons (Fsp3) is 0.700. The Labute approximate surface area is 99.8 Å². The number of imide groups is 1. The highest BCUT2D eigenvalue weighted by Crippen LogP contribution is 2.18. The van der Waals surface area contributed by atoms with Crippen LogP contribution < -0.4 is 5.73 Å². The Balaban J connectivity index is 2.20. The van der Waals surface area contributed by atoms with Crippen molar-refractivity contribution >= 4 is 30.4 Å². The summed E-state index contributed by atoms with van der Waals surface area (Å²) in [6, 6.07) is 0. The molecule has 0 unspecified atom stereocenters. The molecule has 1 fully saturated rings. The number of hydrogen-bond acceptors (Lipinski definition) is 4. The molecule has 0 aromatic rings. The van der Waals surface area contributed by atoms with Crippen LogP contribution in [0.15, 0.2) is 0 Å². The zero-order valence-corrected chi connectivity index (χ0v) is 9.91. The lowest BCUT2D eigenvalue weighted by molar-refractivity contribution is -0.138. The number of rotatable bonds is 6. The first kappa shape index (κ1) is 13.0. The van der Waals surface area contributed by atoms with Crippen molar-refractivity contribution in [1.82, 2.24) is 4.90 Å². The highest BCUT2D eigenvalue weighted by atomic mass is 32.1. The first-order chi connectivity index (χ1) is 7.52. The molecular weight excluding hydrogens is 228 g/mol. The van der Waals surface area contributed by atoms with Gasteiger partial charge in [-0.2, -0.15) is 12.6 Å². The van der Waals surface area contributed by atoms with Crippen molar-refractivity contribution in [2.75, 3.05) is 6.54 Å². The molecule has 0 radical (unpaired) electrons. The Morgan fingerprint density at radius 2 is 2.06 bits per heavy atom. The molecule has 0 spiro atoms. The van der Waals surface area contributed by atoms with Gasteiger partial charge >= 0.3 is 0 Å². The number of hydrogen-bond donors (Lipinski definition) is 2. The zero-order chi connectivity index (χ0) is 12.1. The van der Waals surface area contributed by atoms with Crippen molar-refractivity contribution < 1.29 is 14.4 Å². The van der Waals surface area contributed by atoms with Crippen molar-refractivity contribution in [2.45, 2.75) is 37.4 Å². The van der Waals surface area contributed by atoms with Gasteiger partial charge in [-0.25, -0.2) is 0 Å². The van der Waals surface area contributed by atoms with Crippen LogP contribution in [0, 0.1) is 0 Å². The quantitative estimate of drug-likeness (QED) is 0.395. The zero-order valence-electron chi connectivity index (χ0n) is 9.02. The van der Waals surface area contributed by atoms with Crippen LogP contribution in [0.3, 0.4) is 0 Å². The molecular formula is C10H16N2O3S. The third-order valence-corrected chi connectivity index (χ3v) is 2.93. The normalized spacial score (nSPS) is 20.6. The second-order valence-electron chi connectivity index (χ2n) is 3.88. The van der Waals surface area contributed by atoms with Crippen LogP contribution in [-0.2, 0) is 14.4 Å². The minimum absolute atomic E-state index is 0.153. The molecule has 0 aromatic heterocycles. The Bertz CT molecular complexity index is 306. The number of likely N-dealkylation sites (tertiary alicyclic amines) is 1. The number of primary amides is 1. The molecule has 1 rings (SSSR count). The van der Waals surface area contributed by atoms with Crippen LogP contribution in [0.2, 0.25) is 0 Å². The van der Waals surface area contributed by atoms with Gasteiger partial charge in [0, 0.05) is 19.4 Å². The summed E-state index contributed by atoms with van der Waals surface area (Å²) in [6.45, 7) is 0.424. The number of nitrogens with zero attached hydrogens (tertiary/aromatic N) is 1. The largest absolute Gasteiger partial charge is 0.370 e. The van der Waals surface area contributed by atoms with Crippen molar-refractivity contribution in [2.24, 2.45) is 5.73 Å². The second-order valence-corrected chi connectivity index (χ2v) is 4.50. The highest BCUT2D eigenvalue weighted by molar-refractivity contribution is 7.81. The first-order valence-corrected chi connectivity index (χ1v) is 5.84. The van der Waals surface area contributed by atoms with Crippen molar-refractivity contribution in [1.29, 1.82) is 0 Å². The second kappa shape index (κ2) is 5.89. The average molecular weight is 244 g/mol. The lowest BCUT2D eigenvalue weighted by Gasteiger charge is -2.13. The number of unbranched alkanes of at least 4 members (excludes halogenated alkanes) is 2. The molecule has 0 aromatic carbocycles. The summed E-state index contributed by atoms with van der Waals surface area (Å²) >= 11 is 4.02. The van der Waals surface area contributed by atoms with Crippen LogP contribution in [0.1, 0.15) is 32.1 Å². The molecule has 6 heteroatoms. The summed E-state index contributed by atoms with van der Waals surface area (Å²) in [5.41, 5.74) is 4.99. The summed E-state index contributed by atoms with van der Waals surface area (Å²) in [5.74, 6) is -0.674. The number of thiol groups is 1. The van der Waals surface area contributed by atoms with Gasteiger partial charge in [0.15, 0.2) is 0 Å². The molecule has 1 aliphatic heterocycles. The maximum Gasteiger partial charge on any atom is 0.242 e. The molecule has 0 saturated carbocycles. The lowest BCUT2D eigenvalue weighted by Crippen LogP contribution is -2.31. The number of amides is 3. The smallest absolute Gasteiger partial charge is 0.242 e. The van der Waals surface area contributed by atoms with E-state index in [1.165, 1.54) is 4.90 Å².